The highest BCUT2D eigenvalue weighted by Gasteiger charge is 2.29. The zero-order valence-electron chi connectivity index (χ0n) is 22.3. The molecule has 3 heterocycles. The molecule has 0 spiro atoms. The molecule has 0 fully saturated rings. The number of carboxylic acid groups (broad SMARTS) is 1. The average molecular weight is 605 g/mol. The third-order valence-corrected chi connectivity index (χ3v) is 8.81. The van der Waals surface area contributed by atoms with Crippen molar-refractivity contribution >= 4 is 61.0 Å². The smallest absolute Gasteiger partial charge is 0.326 e. The van der Waals surface area contributed by atoms with E-state index in [1.165, 1.54) is 18.2 Å². The summed E-state index contributed by atoms with van der Waals surface area (Å²) in [5.74, 6) is -2.13. The largest absolute Gasteiger partial charge is 0.480 e. The number of aromatic nitrogens is 2. The van der Waals surface area contributed by atoms with Gasteiger partial charge in [-0.25, -0.2) is 13.2 Å². The molecule has 1 aliphatic rings. The van der Waals surface area contributed by atoms with Crippen LogP contribution in [0.2, 0.25) is 5.02 Å². The van der Waals surface area contributed by atoms with Crippen LogP contribution in [0.15, 0.2) is 77.8 Å². The van der Waals surface area contributed by atoms with Crippen LogP contribution in [0.1, 0.15) is 32.0 Å². The number of nitrogens with one attached hydrogen (secondary N) is 2. The number of fused-ring (bicyclic) bond motifs is 1. The van der Waals surface area contributed by atoms with Gasteiger partial charge in [-0.15, -0.1) is 0 Å². The van der Waals surface area contributed by atoms with Crippen LogP contribution in [-0.2, 0) is 34.3 Å². The summed E-state index contributed by atoms with van der Waals surface area (Å²) >= 11 is 6.61. The molecule has 10 nitrogen and oxygen atoms in total. The zero-order chi connectivity index (χ0) is 29.8. The first-order valence-corrected chi connectivity index (χ1v) is 15.3. The number of para-hydroxylation sites is 1. The molecule has 3 aromatic carbocycles. The maximum Gasteiger partial charge on any atom is 0.326 e. The third-order valence-electron chi connectivity index (χ3n) is 7.41. The molecule has 1 atom stereocenters. The molecule has 3 N–H and O–H groups in total. The second-order valence-electron chi connectivity index (χ2n) is 10.3. The van der Waals surface area contributed by atoms with Crippen LogP contribution in [0.4, 0.5) is 0 Å². The van der Waals surface area contributed by atoms with Gasteiger partial charge in [-0.1, -0.05) is 41.9 Å². The number of benzene rings is 3. The number of carboxylic acids is 1. The lowest BCUT2D eigenvalue weighted by Gasteiger charge is -2.29. The van der Waals surface area contributed by atoms with Crippen molar-refractivity contribution in [2.24, 2.45) is 0 Å². The Morgan fingerprint density at radius 3 is 2.60 bits per heavy atom. The molecular weight excluding hydrogens is 580 g/mol. The van der Waals surface area contributed by atoms with Crippen LogP contribution in [0.5, 0.6) is 0 Å². The zero-order valence-corrected chi connectivity index (χ0v) is 23.9. The van der Waals surface area contributed by atoms with Gasteiger partial charge in [-0.3, -0.25) is 9.59 Å². The first kappa shape index (κ1) is 27.6. The third kappa shape index (κ3) is 5.01. The molecule has 12 heteroatoms. The van der Waals surface area contributed by atoms with E-state index in [0.717, 1.165) is 28.2 Å². The Morgan fingerprint density at radius 2 is 1.86 bits per heavy atom. The molecule has 6 rings (SSSR count). The van der Waals surface area contributed by atoms with Crippen molar-refractivity contribution in [2.45, 2.75) is 30.6 Å². The summed E-state index contributed by atoms with van der Waals surface area (Å²) in [6.07, 6.45) is 2.70. The summed E-state index contributed by atoms with van der Waals surface area (Å²) in [6.45, 7) is 0.520. The fraction of sp³-hybridized carbons (Fsp3) is 0.167. The summed E-state index contributed by atoms with van der Waals surface area (Å²) in [7, 11) is -3.49. The Kier molecular flexibility index (Phi) is 6.78. The second-order valence-corrected chi connectivity index (χ2v) is 12.8. The quantitative estimate of drug-likeness (QED) is 0.254. The van der Waals surface area contributed by atoms with Gasteiger partial charge in [0.1, 0.15) is 11.7 Å². The Morgan fingerprint density at radius 1 is 1.07 bits per heavy atom. The number of carbonyl (C=O) groups excluding carboxylic acids is 2. The van der Waals surface area contributed by atoms with Gasteiger partial charge in [0, 0.05) is 41.7 Å². The summed E-state index contributed by atoms with van der Waals surface area (Å²) in [4.78, 5) is 43.8. The molecule has 0 radical (unpaired) electrons. The SMILES string of the molecule is CS(=O)(=O)c1cccc(CC(NC(=O)c2c(Cl)cc3c4c2ccn4CN(C(=O)c2cc4ccccc4[nH]2)C3)C(=O)O)c1. The topological polar surface area (TPSA) is 142 Å². The van der Waals surface area contributed by atoms with Gasteiger partial charge in [0.05, 0.1) is 27.7 Å². The maximum absolute atomic E-state index is 13.4. The Balaban J connectivity index is 1.26. The summed E-state index contributed by atoms with van der Waals surface area (Å²) < 4.78 is 25.7. The number of sulfone groups is 1. The van der Waals surface area contributed by atoms with Gasteiger partial charge in [-0.2, -0.15) is 0 Å². The van der Waals surface area contributed by atoms with Crippen molar-refractivity contribution < 1.29 is 27.9 Å². The van der Waals surface area contributed by atoms with Crippen molar-refractivity contribution in [3.8, 4) is 0 Å². The van der Waals surface area contributed by atoms with Crippen molar-refractivity contribution in [1.82, 2.24) is 19.8 Å². The van der Waals surface area contributed by atoms with E-state index in [9.17, 15) is 27.9 Å². The highest BCUT2D eigenvalue weighted by molar-refractivity contribution is 7.90. The van der Waals surface area contributed by atoms with Gasteiger partial charge >= 0.3 is 5.97 Å². The van der Waals surface area contributed by atoms with E-state index >= 15 is 0 Å². The minimum atomic E-state index is -3.49. The number of nitrogens with zero attached hydrogens (tertiary/aromatic N) is 2. The Labute approximate surface area is 245 Å². The van der Waals surface area contributed by atoms with Gasteiger partial charge < -0.3 is 24.9 Å². The predicted molar refractivity (Wildman–Crippen MR) is 157 cm³/mol. The van der Waals surface area contributed by atoms with Crippen molar-refractivity contribution in [3.05, 3.63) is 100 Å². The molecular formula is C30H25ClN4O6S. The van der Waals surface area contributed by atoms with Crippen molar-refractivity contribution in [1.29, 1.82) is 0 Å². The first-order chi connectivity index (χ1) is 20.0. The predicted octanol–water partition coefficient (Wildman–Crippen LogP) is 4.22. The molecule has 0 bridgehead atoms. The molecule has 5 aromatic rings. The standard InChI is InChI=1S/C30H25ClN4O6S/c1-42(40,41)20-7-4-5-17(11-20)12-25(30(38)39)33-28(36)26-21-9-10-34-16-35(15-19(27(21)34)13-22(26)31)29(37)24-14-18-6-2-3-8-23(18)32-24/h2-11,13-14,25,32H,12,15-16H2,1H3,(H,33,36)(H,38,39). The monoisotopic (exact) mass is 604 g/mol. The number of rotatable bonds is 7. The average Bonchev–Trinajstić information content (AvgIpc) is 3.57. The lowest BCUT2D eigenvalue weighted by molar-refractivity contribution is -0.139. The molecule has 42 heavy (non-hydrogen) atoms. The van der Waals surface area contributed by atoms with Crippen LogP contribution in [0, 0.1) is 0 Å². The lowest BCUT2D eigenvalue weighted by atomic mass is 10.0. The molecule has 214 valence electrons. The molecule has 1 aliphatic heterocycles. The van der Waals surface area contributed by atoms with E-state index in [0.29, 0.717) is 16.6 Å². The minimum absolute atomic E-state index is 0.0590. The van der Waals surface area contributed by atoms with E-state index in [1.54, 1.807) is 29.3 Å². The fourth-order valence-corrected chi connectivity index (χ4v) is 6.44. The summed E-state index contributed by atoms with van der Waals surface area (Å²) in [6, 6.07) is 17.4. The van der Waals surface area contributed by atoms with Crippen LogP contribution >= 0.6 is 11.6 Å². The van der Waals surface area contributed by atoms with Gasteiger partial charge in [-0.05, 0) is 47.5 Å². The molecule has 2 amide bonds. The number of hydrogen-bond donors (Lipinski definition) is 3. The van der Waals surface area contributed by atoms with E-state index in [-0.39, 0.29) is 41.0 Å². The lowest BCUT2D eigenvalue weighted by Crippen LogP contribution is -2.42. The van der Waals surface area contributed by atoms with E-state index in [2.05, 4.69) is 10.3 Å². The summed E-state index contributed by atoms with van der Waals surface area (Å²) in [5.41, 5.74) is 3.38. The molecule has 0 saturated carbocycles. The number of halogens is 1. The van der Waals surface area contributed by atoms with Gasteiger partial charge in [0.2, 0.25) is 0 Å². The maximum atomic E-state index is 13.4. The normalized spacial score (nSPS) is 13.8. The highest BCUT2D eigenvalue weighted by Crippen LogP contribution is 2.34. The number of H-pyrrole nitrogens is 1. The van der Waals surface area contributed by atoms with E-state index in [4.69, 9.17) is 11.6 Å². The van der Waals surface area contributed by atoms with Gasteiger partial charge in [0.25, 0.3) is 11.8 Å². The van der Waals surface area contributed by atoms with Crippen LogP contribution < -0.4 is 5.32 Å². The van der Waals surface area contributed by atoms with Crippen LogP contribution in [0.3, 0.4) is 0 Å². The molecule has 1 unspecified atom stereocenters. The first-order valence-electron chi connectivity index (χ1n) is 13.0. The number of aromatic amines is 1. The Bertz CT molecular complexity index is 2000. The second kappa shape index (κ2) is 10.3. The van der Waals surface area contributed by atoms with Crippen molar-refractivity contribution in [2.75, 3.05) is 6.26 Å². The van der Waals surface area contributed by atoms with Crippen molar-refractivity contribution in [3.63, 3.8) is 0 Å². The van der Waals surface area contributed by atoms with E-state index < -0.39 is 27.8 Å². The minimum Gasteiger partial charge on any atom is -0.480 e. The van der Waals surface area contributed by atoms with Gasteiger partial charge in [0.15, 0.2) is 9.84 Å². The summed E-state index contributed by atoms with van der Waals surface area (Å²) in [5, 5.41) is 14.0. The molecule has 2 aromatic heterocycles. The van der Waals surface area contributed by atoms with E-state index in [1.807, 2.05) is 34.9 Å². The number of aliphatic carboxylic acids is 1. The highest BCUT2D eigenvalue weighted by atomic mass is 35.5. The number of hydrogen-bond acceptors (Lipinski definition) is 5. The fourth-order valence-electron chi connectivity index (χ4n) is 5.43. The molecule has 0 aliphatic carbocycles. The number of amides is 2. The van der Waals surface area contributed by atoms with Crippen LogP contribution in [0.25, 0.3) is 21.8 Å². The molecule has 0 saturated heterocycles. The number of carbonyl (C=O) groups is 3. The Hall–Kier alpha value is -4.61. The van der Waals surface area contributed by atoms with Crippen LogP contribution in [-0.4, -0.2) is 58.1 Å².